The summed E-state index contributed by atoms with van der Waals surface area (Å²) in [6, 6.07) is 1.98. The Morgan fingerprint density at radius 2 is 2.30 bits per heavy atom. The molecule has 0 N–H and O–H groups in total. The minimum Gasteiger partial charge on any atom is -0.377 e. The molecule has 3 heterocycles. The zero-order chi connectivity index (χ0) is 16.4. The number of piperidine rings is 1. The first-order chi connectivity index (χ1) is 11.1. The van der Waals surface area contributed by atoms with Gasteiger partial charge in [0.25, 0.3) is 5.91 Å². The van der Waals surface area contributed by atoms with Crippen molar-refractivity contribution in [1.29, 1.82) is 0 Å². The molecule has 1 amide bonds. The number of nitrogens with zero attached hydrogens (tertiary/aromatic N) is 3. The number of carbonyl (C=O) groups excluding carboxylic acids is 1. The van der Waals surface area contributed by atoms with E-state index in [1.165, 1.54) is 0 Å². The zero-order valence-electron chi connectivity index (χ0n) is 13.9. The van der Waals surface area contributed by atoms with Crippen LogP contribution in [0.1, 0.15) is 41.5 Å². The quantitative estimate of drug-likeness (QED) is 0.863. The first-order valence-corrected chi connectivity index (χ1v) is 8.99. The number of ether oxygens (including phenoxy) is 1. The van der Waals surface area contributed by atoms with Crippen LogP contribution in [0, 0.1) is 13.8 Å². The molecule has 1 fully saturated rings. The molecule has 1 atom stereocenters. The second kappa shape index (κ2) is 6.84. The number of thiazole rings is 1. The maximum atomic E-state index is 12.9. The SMILES string of the molecule is CCOC1CCCN(C(=O)c2cc(C)n(-c3nccs3)c2C)C1. The largest absolute Gasteiger partial charge is 0.377 e. The van der Waals surface area contributed by atoms with Crippen molar-refractivity contribution in [2.75, 3.05) is 19.7 Å². The molecule has 0 saturated carbocycles. The van der Waals surface area contributed by atoms with E-state index in [-0.39, 0.29) is 12.0 Å². The molecule has 5 nitrogen and oxygen atoms in total. The number of carbonyl (C=O) groups is 1. The molecule has 0 aliphatic carbocycles. The average Bonchev–Trinajstić information content (AvgIpc) is 3.15. The van der Waals surface area contributed by atoms with Gasteiger partial charge in [-0.3, -0.25) is 9.36 Å². The lowest BCUT2D eigenvalue weighted by Gasteiger charge is -2.32. The summed E-state index contributed by atoms with van der Waals surface area (Å²) in [5.74, 6) is 0.102. The predicted molar refractivity (Wildman–Crippen MR) is 91.5 cm³/mol. The summed E-state index contributed by atoms with van der Waals surface area (Å²) in [5.41, 5.74) is 2.77. The van der Waals surface area contributed by atoms with Crippen molar-refractivity contribution < 1.29 is 9.53 Å². The molecule has 23 heavy (non-hydrogen) atoms. The van der Waals surface area contributed by atoms with Gasteiger partial charge in [-0.05, 0) is 39.7 Å². The molecule has 124 valence electrons. The van der Waals surface area contributed by atoms with E-state index >= 15 is 0 Å². The van der Waals surface area contributed by atoms with Crippen LogP contribution < -0.4 is 0 Å². The van der Waals surface area contributed by atoms with Crippen molar-refractivity contribution in [2.24, 2.45) is 0 Å². The Hall–Kier alpha value is -1.66. The summed E-state index contributed by atoms with van der Waals surface area (Å²) in [6.45, 7) is 8.21. The summed E-state index contributed by atoms with van der Waals surface area (Å²) in [4.78, 5) is 19.2. The molecule has 0 spiro atoms. The first kappa shape index (κ1) is 16.2. The molecule has 1 aliphatic rings. The minimum atomic E-state index is 0.102. The summed E-state index contributed by atoms with van der Waals surface area (Å²) < 4.78 is 7.77. The molecule has 1 saturated heterocycles. The van der Waals surface area contributed by atoms with Gasteiger partial charge in [-0.1, -0.05) is 0 Å². The molecule has 2 aromatic rings. The van der Waals surface area contributed by atoms with Crippen LogP contribution in [-0.4, -0.2) is 46.2 Å². The van der Waals surface area contributed by atoms with Crippen LogP contribution in [0.15, 0.2) is 17.6 Å². The van der Waals surface area contributed by atoms with Crippen LogP contribution in [0.2, 0.25) is 0 Å². The summed E-state index contributed by atoms with van der Waals surface area (Å²) in [7, 11) is 0. The molecule has 0 radical (unpaired) electrons. The Balaban J connectivity index is 1.84. The third-order valence-electron chi connectivity index (χ3n) is 4.34. The second-order valence-corrected chi connectivity index (χ2v) is 6.78. The monoisotopic (exact) mass is 333 g/mol. The topological polar surface area (TPSA) is 47.4 Å². The Bertz CT molecular complexity index is 676. The second-order valence-electron chi connectivity index (χ2n) is 5.91. The van der Waals surface area contributed by atoms with Crippen molar-refractivity contribution in [3.63, 3.8) is 0 Å². The fourth-order valence-electron chi connectivity index (χ4n) is 3.26. The third kappa shape index (κ3) is 3.19. The van der Waals surface area contributed by atoms with E-state index in [4.69, 9.17) is 4.74 Å². The van der Waals surface area contributed by atoms with Crippen LogP contribution in [0.3, 0.4) is 0 Å². The van der Waals surface area contributed by atoms with Gasteiger partial charge < -0.3 is 9.64 Å². The number of amides is 1. The molecule has 3 rings (SSSR count). The van der Waals surface area contributed by atoms with Gasteiger partial charge in [-0.15, -0.1) is 11.3 Å². The van der Waals surface area contributed by atoms with Gasteiger partial charge in [-0.2, -0.15) is 0 Å². The Morgan fingerprint density at radius 1 is 1.48 bits per heavy atom. The number of aryl methyl sites for hydroxylation is 1. The lowest BCUT2D eigenvalue weighted by molar-refractivity contribution is 0.00721. The van der Waals surface area contributed by atoms with E-state index in [9.17, 15) is 4.79 Å². The average molecular weight is 333 g/mol. The summed E-state index contributed by atoms with van der Waals surface area (Å²) >= 11 is 1.58. The molecule has 0 bridgehead atoms. The van der Waals surface area contributed by atoms with Crippen LogP contribution in [-0.2, 0) is 4.74 Å². The van der Waals surface area contributed by atoms with Gasteiger partial charge in [0.15, 0.2) is 5.13 Å². The third-order valence-corrected chi connectivity index (χ3v) is 5.10. The minimum absolute atomic E-state index is 0.102. The fourth-order valence-corrected chi connectivity index (χ4v) is 4.02. The lowest BCUT2D eigenvalue weighted by atomic mass is 10.1. The van der Waals surface area contributed by atoms with E-state index in [1.54, 1.807) is 17.5 Å². The highest BCUT2D eigenvalue weighted by Gasteiger charge is 2.27. The summed E-state index contributed by atoms with van der Waals surface area (Å²) in [6.07, 6.45) is 4.00. The normalized spacial score (nSPS) is 18.4. The lowest BCUT2D eigenvalue weighted by Crippen LogP contribution is -2.43. The number of hydrogen-bond donors (Lipinski definition) is 0. The molecular formula is C17H23N3O2S. The number of rotatable bonds is 4. The summed E-state index contributed by atoms with van der Waals surface area (Å²) in [5, 5.41) is 2.86. The highest BCUT2D eigenvalue weighted by molar-refractivity contribution is 7.12. The fraction of sp³-hybridized carbons (Fsp3) is 0.529. The smallest absolute Gasteiger partial charge is 0.255 e. The van der Waals surface area contributed by atoms with Gasteiger partial charge in [-0.25, -0.2) is 4.98 Å². The van der Waals surface area contributed by atoms with Gasteiger partial charge in [0.05, 0.1) is 11.7 Å². The highest BCUT2D eigenvalue weighted by atomic mass is 32.1. The van der Waals surface area contributed by atoms with Gasteiger partial charge in [0.1, 0.15) is 0 Å². The Kier molecular flexibility index (Phi) is 4.82. The number of hydrogen-bond acceptors (Lipinski definition) is 4. The molecular weight excluding hydrogens is 310 g/mol. The molecule has 0 aromatic carbocycles. The Morgan fingerprint density at radius 3 is 3.00 bits per heavy atom. The van der Waals surface area contributed by atoms with E-state index in [1.807, 2.05) is 37.1 Å². The maximum absolute atomic E-state index is 12.9. The molecule has 6 heteroatoms. The van der Waals surface area contributed by atoms with Crippen molar-refractivity contribution in [2.45, 2.75) is 39.7 Å². The maximum Gasteiger partial charge on any atom is 0.255 e. The van der Waals surface area contributed by atoms with Crippen molar-refractivity contribution in [3.8, 4) is 5.13 Å². The van der Waals surface area contributed by atoms with E-state index in [0.29, 0.717) is 13.2 Å². The van der Waals surface area contributed by atoms with Gasteiger partial charge >= 0.3 is 0 Å². The first-order valence-electron chi connectivity index (χ1n) is 8.11. The molecule has 2 aromatic heterocycles. The highest BCUT2D eigenvalue weighted by Crippen LogP contribution is 2.24. The van der Waals surface area contributed by atoms with Crippen LogP contribution >= 0.6 is 11.3 Å². The number of aromatic nitrogens is 2. The van der Waals surface area contributed by atoms with Crippen molar-refractivity contribution >= 4 is 17.2 Å². The molecule has 1 unspecified atom stereocenters. The van der Waals surface area contributed by atoms with E-state index < -0.39 is 0 Å². The standard InChI is InChI=1S/C17H23N3O2S/c1-4-22-14-6-5-8-19(11-14)16(21)15-10-12(2)20(13(15)3)17-18-7-9-23-17/h7,9-10,14H,4-6,8,11H2,1-3H3. The van der Waals surface area contributed by atoms with Crippen molar-refractivity contribution in [1.82, 2.24) is 14.5 Å². The Labute approximate surface area is 140 Å². The zero-order valence-corrected chi connectivity index (χ0v) is 14.7. The van der Waals surface area contributed by atoms with Crippen LogP contribution in [0.4, 0.5) is 0 Å². The van der Waals surface area contributed by atoms with E-state index in [2.05, 4.69) is 9.55 Å². The van der Waals surface area contributed by atoms with Crippen molar-refractivity contribution in [3.05, 3.63) is 34.6 Å². The van der Waals surface area contributed by atoms with E-state index in [0.717, 1.165) is 41.5 Å². The predicted octanol–water partition coefficient (Wildman–Crippen LogP) is 3.19. The van der Waals surface area contributed by atoms with Gasteiger partial charge in [0, 0.05) is 42.7 Å². The van der Waals surface area contributed by atoms with Crippen LogP contribution in [0.5, 0.6) is 0 Å². The van der Waals surface area contributed by atoms with Gasteiger partial charge in [0.2, 0.25) is 0 Å². The van der Waals surface area contributed by atoms with Crippen LogP contribution in [0.25, 0.3) is 5.13 Å². The number of likely N-dealkylation sites (tertiary alicyclic amines) is 1. The molecule has 1 aliphatic heterocycles.